The standard InChI is InChI=1S/C25H31N5O2/c1-31-22-13-12-19(16-23(22)32-2)24(29-15-14-18-8-6-7-9-20(18)17-29)25-26-27-28-30(25)21-10-4-3-5-11-21/h6-9,12-13,16,21,24H,3-5,10-11,14-15,17H2,1-2H3/t24-/m1/s1. The number of aromatic nitrogens is 4. The summed E-state index contributed by atoms with van der Waals surface area (Å²) >= 11 is 0. The number of tetrazole rings is 1. The first-order valence-electron chi connectivity index (χ1n) is 11.6. The van der Waals surface area contributed by atoms with Crippen molar-refractivity contribution in [2.45, 2.75) is 57.2 Å². The van der Waals surface area contributed by atoms with Crippen molar-refractivity contribution in [3.05, 3.63) is 65.0 Å². The number of methoxy groups -OCH3 is 2. The Balaban J connectivity index is 1.57. The van der Waals surface area contributed by atoms with Crippen LogP contribution in [0.15, 0.2) is 42.5 Å². The highest BCUT2D eigenvalue weighted by Crippen LogP contribution is 2.38. The van der Waals surface area contributed by atoms with Gasteiger partial charge in [0.2, 0.25) is 0 Å². The quantitative estimate of drug-likeness (QED) is 0.576. The van der Waals surface area contributed by atoms with Crippen LogP contribution in [0.1, 0.15) is 66.7 Å². The van der Waals surface area contributed by atoms with Gasteiger partial charge in [-0.3, -0.25) is 4.90 Å². The van der Waals surface area contributed by atoms with Crippen LogP contribution in [0, 0.1) is 0 Å². The third kappa shape index (κ3) is 3.97. The largest absolute Gasteiger partial charge is 0.493 e. The van der Waals surface area contributed by atoms with E-state index in [0.717, 1.165) is 55.2 Å². The summed E-state index contributed by atoms with van der Waals surface area (Å²) in [4.78, 5) is 2.49. The van der Waals surface area contributed by atoms with Crippen LogP contribution in [0.5, 0.6) is 11.5 Å². The number of benzene rings is 2. The Labute approximate surface area is 189 Å². The molecule has 2 aromatic carbocycles. The molecule has 5 rings (SSSR count). The van der Waals surface area contributed by atoms with Crippen LogP contribution in [0.4, 0.5) is 0 Å². The smallest absolute Gasteiger partial charge is 0.173 e. The minimum Gasteiger partial charge on any atom is -0.493 e. The molecule has 32 heavy (non-hydrogen) atoms. The fraction of sp³-hybridized carbons (Fsp3) is 0.480. The molecule has 1 aliphatic heterocycles. The average Bonchev–Trinajstić information content (AvgIpc) is 3.34. The molecule has 0 spiro atoms. The van der Waals surface area contributed by atoms with Gasteiger partial charge in [-0.1, -0.05) is 49.6 Å². The van der Waals surface area contributed by atoms with E-state index in [0.29, 0.717) is 6.04 Å². The van der Waals surface area contributed by atoms with E-state index in [1.165, 1.54) is 30.4 Å². The van der Waals surface area contributed by atoms with Crippen LogP contribution in [-0.2, 0) is 13.0 Å². The van der Waals surface area contributed by atoms with E-state index < -0.39 is 0 Å². The predicted molar refractivity (Wildman–Crippen MR) is 122 cm³/mol. The van der Waals surface area contributed by atoms with Gasteiger partial charge in [0.15, 0.2) is 17.3 Å². The van der Waals surface area contributed by atoms with Crippen molar-refractivity contribution in [2.24, 2.45) is 0 Å². The molecular formula is C25H31N5O2. The summed E-state index contributed by atoms with van der Waals surface area (Å²) in [7, 11) is 3.35. The lowest BCUT2D eigenvalue weighted by Crippen LogP contribution is -2.36. The van der Waals surface area contributed by atoms with Gasteiger partial charge in [-0.2, -0.15) is 0 Å². The molecule has 0 amide bonds. The number of hydrogen-bond donors (Lipinski definition) is 0. The molecule has 168 valence electrons. The van der Waals surface area contributed by atoms with Gasteiger partial charge in [0.25, 0.3) is 0 Å². The van der Waals surface area contributed by atoms with Crippen LogP contribution in [0.25, 0.3) is 0 Å². The van der Waals surface area contributed by atoms with Crippen molar-refractivity contribution in [3.63, 3.8) is 0 Å². The topological polar surface area (TPSA) is 65.3 Å². The van der Waals surface area contributed by atoms with Crippen molar-refractivity contribution in [1.82, 2.24) is 25.1 Å². The highest BCUT2D eigenvalue weighted by Gasteiger charge is 2.33. The second kappa shape index (κ2) is 9.28. The van der Waals surface area contributed by atoms with Gasteiger partial charge in [-0.15, -0.1) is 5.10 Å². The predicted octanol–water partition coefficient (Wildman–Crippen LogP) is 4.34. The average molecular weight is 434 g/mol. The molecule has 0 radical (unpaired) electrons. The summed E-state index contributed by atoms with van der Waals surface area (Å²) in [5, 5.41) is 13.2. The van der Waals surface area contributed by atoms with Gasteiger partial charge in [-0.25, -0.2) is 4.68 Å². The highest BCUT2D eigenvalue weighted by molar-refractivity contribution is 5.45. The molecule has 7 nitrogen and oxygen atoms in total. The fourth-order valence-electron chi connectivity index (χ4n) is 5.25. The third-order valence-corrected chi connectivity index (χ3v) is 6.93. The molecule has 3 aromatic rings. The maximum absolute atomic E-state index is 5.63. The molecule has 0 bridgehead atoms. The van der Waals surface area contributed by atoms with E-state index in [1.807, 2.05) is 6.07 Å². The monoisotopic (exact) mass is 433 g/mol. The van der Waals surface area contributed by atoms with Crippen LogP contribution in [0.3, 0.4) is 0 Å². The summed E-state index contributed by atoms with van der Waals surface area (Å²) in [5.41, 5.74) is 3.93. The fourth-order valence-corrected chi connectivity index (χ4v) is 5.25. The zero-order valence-corrected chi connectivity index (χ0v) is 18.9. The van der Waals surface area contributed by atoms with Gasteiger partial charge < -0.3 is 9.47 Å². The van der Waals surface area contributed by atoms with Gasteiger partial charge in [-0.05, 0) is 58.5 Å². The summed E-state index contributed by atoms with van der Waals surface area (Å²) in [6, 6.07) is 15.2. The first-order valence-corrected chi connectivity index (χ1v) is 11.6. The molecular weight excluding hydrogens is 402 g/mol. The number of ether oxygens (including phenoxy) is 2. The van der Waals surface area contributed by atoms with Gasteiger partial charge in [0.05, 0.1) is 26.3 Å². The van der Waals surface area contributed by atoms with Crippen molar-refractivity contribution >= 4 is 0 Å². The lowest BCUT2D eigenvalue weighted by molar-refractivity contribution is 0.187. The first kappa shape index (κ1) is 20.9. The van der Waals surface area contributed by atoms with E-state index in [9.17, 15) is 0 Å². The van der Waals surface area contributed by atoms with E-state index in [1.54, 1.807) is 14.2 Å². The molecule has 1 aromatic heterocycles. The molecule has 1 aliphatic carbocycles. The maximum atomic E-state index is 5.63. The van der Waals surface area contributed by atoms with E-state index in [-0.39, 0.29) is 6.04 Å². The number of hydrogen-bond acceptors (Lipinski definition) is 6. The molecule has 0 N–H and O–H groups in total. The van der Waals surface area contributed by atoms with Crippen LogP contribution in [0.2, 0.25) is 0 Å². The Morgan fingerprint density at radius 1 is 0.938 bits per heavy atom. The van der Waals surface area contributed by atoms with Gasteiger partial charge in [0, 0.05) is 13.1 Å². The molecule has 1 atom stereocenters. The van der Waals surface area contributed by atoms with Crippen LogP contribution >= 0.6 is 0 Å². The highest BCUT2D eigenvalue weighted by atomic mass is 16.5. The minimum atomic E-state index is -0.0555. The van der Waals surface area contributed by atoms with Crippen molar-refractivity contribution in [3.8, 4) is 11.5 Å². The summed E-state index contributed by atoms with van der Waals surface area (Å²) < 4.78 is 13.2. The SMILES string of the molecule is COc1ccc([C@H](c2nnnn2C2CCCCC2)N2CCc3ccccc3C2)cc1OC. The molecule has 0 saturated heterocycles. The second-order valence-electron chi connectivity index (χ2n) is 8.78. The molecule has 2 aliphatic rings. The molecule has 2 heterocycles. The Bertz CT molecular complexity index is 1060. The molecule has 1 fully saturated rings. The Hall–Kier alpha value is -2.93. The Morgan fingerprint density at radius 2 is 1.72 bits per heavy atom. The van der Waals surface area contributed by atoms with Crippen molar-refractivity contribution in [2.75, 3.05) is 20.8 Å². The van der Waals surface area contributed by atoms with E-state index in [2.05, 4.69) is 61.5 Å². The Kier molecular flexibility index (Phi) is 6.08. The lowest BCUT2D eigenvalue weighted by atomic mass is 9.94. The van der Waals surface area contributed by atoms with Gasteiger partial charge in [0.1, 0.15) is 0 Å². The van der Waals surface area contributed by atoms with Crippen LogP contribution < -0.4 is 9.47 Å². The number of rotatable bonds is 6. The molecule has 7 heteroatoms. The maximum Gasteiger partial charge on any atom is 0.173 e. The van der Waals surface area contributed by atoms with Crippen LogP contribution in [-0.4, -0.2) is 45.9 Å². The first-order chi connectivity index (χ1) is 15.8. The summed E-state index contributed by atoms with van der Waals surface area (Å²) in [6.45, 7) is 1.82. The zero-order valence-electron chi connectivity index (χ0n) is 18.9. The van der Waals surface area contributed by atoms with Gasteiger partial charge >= 0.3 is 0 Å². The third-order valence-electron chi connectivity index (χ3n) is 6.93. The summed E-state index contributed by atoms with van der Waals surface area (Å²) in [5.74, 6) is 2.37. The van der Waals surface area contributed by atoms with Crippen molar-refractivity contribution in [1.29, 1.82) is 0 Å². The second-order valence-corrected chi connectivity index (χ2v) is 8.78. The zero-order chi connectivity index (χ0) is 21.9. The number of fused-ring (bicyclic) bond motifs is 1. The normalized spacial score (nSPS) is 18.2. The van der Waals surface area contributed by atoms with Crippen molar-refractivity contribution < 1.29 is 9.47 Å². The minimum absolute atomic E-state index is 0.0555. The summed E-state index contributed by atoms with van der Waals surface area (Å²) in [6.07, 6.45) is 7.07. The number of nitrogens with zero attached hydrogens (tertiary/aromatic N) is 5. The lowest BCUT2D eigenvalue weighted by Gasteiger charge is -2.36. The molecule has 0 unspecified atom stereocenters. The van der Waals surface area contributed by atoms with E-state index >= 15 is 0 Å². The Morgan fingerprint density at radius 3 is 2.50 bits per heavy atom. The van der Waals surface area contributed by atoms with E-state index in [4.69, 9.17) is 9.47 Å². The molecule has 1 saturated carbocycles.